The lowest BCUT2D eigenvalue weighted by Crippen LogP contribution is -2.18. The van der Waals surface area contributed by atoms with Gasteiger partial charge in [-0.15, -0.1) is 0 Å². The molecule has 1 saturated carbocycles. The molecule has 4 nitrogen and oxygen atoms in total. The van der Waals surface area contributed by atoms with Gasteiger partial charge in [-0.25, -0.2) is 4.39 Å². The van der Waals surface area contributed by atoms with E-state index in [0.717, 1.165) is 12.1 Å². The number of amides is 1. The lowest BCUT2D eigenvalue weighted by Gasteiger charge is -2.14. The number of nitrogens with one attached hydrogen (secondary N) is 1. The van der Waals surface area contributed by atoms with Gasteiger partial charge in [-0.2, -0.15) is 13.2 Å². The molecule has 4 atom stereocenters. The van der Waals surface area contributed by atoms with Crippen LogP contribution in [0.4, 0.5) is 23.2 Å². The molecule has 32 heavy (non-hydrogen) atoms. The monoisotopic (exact) mass is 447 g/mol. The van der Waals surface area contributed by atoms with Gasteiger partial charge in [0.2, 0.25) is 5.91 Å². The molecule has 0 spiro atoms. The Bertz CT molecular complexity index is 1110. The summed E-state index contributed by atoms with van der Waals surface area (Å²) in [5.41, 5.74) is 0.0912. The normalized spacial score (nSPS) is 22.6. The molecular formula is C24H21F4NO3. The van der Waals surface area contributed by atoms with E-state index in [9.17, 15) is 32.3 Å². The summed E-state index contributed by atoms with van der Waals surface area (Å²) >= 11 is 0. The van der Waals surface area contributed by atoms with Gasteiger partial charge in [0.25, 0.3) is 0 Å². The van der Waals surface area contributed by atoms with Crippen molar-refractivity contribution in [3.05, 3.63) is 70.5 Å². The Labute approximate surface area is 181 Å². The Hall–Kier alpha value is -3.00. The number of halogens is 4. The van der Waals surface area contributed by atoms with Crippen LogP contribution in [0.5, 0.6) is 0 Å². The molecule has 1 fully saturated rings. The van der Waals surface area contributed by atoms with Gasteiger partial charge in [0.05, 0.1) is 12.0 Å². The van der Waals surface area contributed by atoms with Crippen molar-refractivity contribution in [2.75, 3.05) is 11.9 Å². The maximum atomic E-state index is 14.1. The molecule has 1 amide bonds. The largest absolute Gasteiger partial charge is 0.416 e. The molecule has 0 aliphatic heterocycles. The standard InChI is InChI=1S/C24H21F4NO3/c1-12(11-30)21-17-8-7-15-16(23(32)22(17)21)3-2-4-19(15)29-20(31)9-13-5-6-14(10-18(13)25)24(26,27)28/h2-8,10,12,17,21-22,30H,9,11H2,1H3,(H,29,31). The van der Waals surface area contributed by atoms with Gasteiger partial charge in [0.1, 0.15) is 5.82 Å². The van der Waals surface area contributed by atoms with Crippen LogP contribution in [0, 0.1) is 29.5 Å². The first-order valence-electron chi connectivity index (χ1n) is 10.2. The molecule has 0 heterocycles. The highest BCUT2D eigenvalue weighted by Crippen LogP contribution is 2.55. The second-order valence-corrected chi connectivity index (χ2v) is 8.36. The van der Waals surface area contributed by atoms with Crippen LogP contribution in [0.2, 0.25) is 0 Å². The van der Waals surface area contributed by atoms with Crippen molar-refractivity contribution in [1.82, 2.24) is 0 Å². The van der Waals surface area contributed by atoms with Crippen LogP contribution in [0.3, 0.4) is 0 Å². The van der Waals surface area contributed by atoms with E-state index in [1.165, 1.54) is 0 Å². The molecule has 0 saturated heterocycles. The van der Waals surface area contributed by atoms with E-state index in [2.05, 4.69) is 5.32 Å². The van der Waals surface area contributed by atoms with Crippen molar-refractivity contribution in [1.29, 1.82) is 0 Å². The Balaban J connectivity index is 1.52. The third-order valence-corrected chi connectivity index (χ3v) is 6.24. The molecule has 2 aromatic rings. The van der Waals surface area contributed by atoms with E-state index in [1.54, 1.807) is 24.3 Å². The van der Waals surface area contributed by atoms with Crippen molar-refractivity contribution in [3.63, 3.8) is 0 Å². The van der Waals surface area contributed by atoms with E-state index < -0.39 is 29.9 Å². The smallest absolute Gasteiger partial charge is 0.396 e. The van der Waals surface area contributed by atoms with Crippen molar-refractivity contribution >= 4 is 23.5 Å². The SMILES string of the molecule is CC(CO)C1C2C=Cc3c(NC(=O)Cc4ccc(C(F)(F)F)cc4F)cccc3C(=O)C21. The molecule has 8 heteroatoms. The van der Waals surface area contributed by atoms with E-state index >= 15 is 0 Å². The lowest BCUT2D eigenvalue weighted by molar-refractivity contribution is -0.137. The fraction of sp³-hybridized carbons (Fsp3) is 0.333. The second kappa shape index (κ2) is 8.16. The predicted octanol–water partition coefficient (Wildman–Crippen LogP) is 4.73. The molecule has 2 aliphatic carbocycles. The number of alkyl halides is 3. The topological polar surface area (TPSA) is 66.4 Å². The number of aliphatic hydroxyl groups is 1. The summed E-state index contributed by atoms with van der Waals surface area (Å²) in [6, 6.07) is 6.97. The second-order valence-electron chi connectivity index (χ2n) is 8.36. The van der Waals surface area contributed by atoms with Crippen LogP contribution in [0.1, 0.15) is 34.0 Å². The fourth-order valence-electron chi connectivity index (χ4n) is 4.50. The molecule has 2 N–H and O–H groups in total. The van der Waals surface area contributed by atoms with Crippen LogP contribution in [0.15, 0.2) is 42.5 Å². The number of rotatable bonds is 5. The summed E-state index contributed by atoms with van der Waals surface area (Å²) in [5.74, 6) is -1.87. The summed E-state index contributed by atoms with van der Waals surface area (Å²) in [5, 5.41) is 12.1. The third kappa shape index (κ3) is 4.07. The number of hydrogen-bond donors (Lipinski definition) is 2. The molecule has 0 bridgehead atoms. The zero-order valence-corrected chi connectivity index (χ0v) is 17.1. The zero-order valence-electron chi connectivity index (χ0n) is 17.1. The maximum Gasteiger partial charge on any atom is 0.416 e. The average molecular weight is 447 g/mol. The van der Waals surface area contributed by atoms with E-state index in [-0.39, 0.29) is 41.6 Å². The molecule has 4 unspecified atom stereocenters. The van der Waals surface area contributed by atoms with Gasteiger partial charge in [-0.3, -0.25) is 9.59 Å². The number of allylic oxidation sites excluding steroid dienone is 1. The molecule has 2 aromatic carbocycles. The first kappa shape index (κ1) is 22.2. The molecule has 168 valence electrons. The predicted molar refractivity (Wildman–Crippen MR) is 110 cm³/mol. The number of Topliss-reactive ketones (excluding diaryl/α,β-unsaturated/α-hetero) is 1. The summed E-state index contributed by atoms with van der Waals surface area (Å²) in [6.07, 6.45) is -1.43. The third-order valence-electron chi connectivity index (χ3n) is 6.24. The Morgan fingerprint density at radius 1 is 1.22 bits per heavy atom. The molecule has 4 rings (SSSR count). The number of carbonyl (C=O) groups excluding carboxylic acids is 2. The summed E-state index contributed by atoms with van der Waals surface area (Å²) < 4.78 is 52.2. The summed E-state index contributed by atoms with van der Waals surface area (Å²) in [7, 11) is 0. The number of carbonyl (C=O) groups is 2. The van der Waals surface area contributed by atoms with Crippen molar-refractivity contribution in [2.24, 2.45) is 23.7 Å². The Morgan fingerprint density at radius 2 is 1.97 bits per heavy atom. The highest BCUT2D eigenvalue weighted by atomic mass is 19.4. The summed E-state index contributed by atoms with van der Waals surface area (Å²) in [6.45, 7) is 1.90. The first-order valence-corrected chi connectivity index (χ1v) is 10.2. The highest BCUT2D eigenvalue weighted by Gasteiger charge is 2.56. The van der Waals surface area contributed by atoms with Crippen molar-refractivity contribution < 1.29 is 32.3 Å². The Morgan fingerprint density at radius 3 is 2.62 bits per heavy atom. The molecular weight excluding hydrogens is 426 g/mol. The molecule has 0 aromatic heterocycles. The van der Waals surface area contributed by atoms with Gasteiger partial charge >= 0.3 is 6.18 Å². The first-order chi connectivity index (χ1) is 15.1. The van der Waals surface area contributed by atoms with E-state index in [4.69, 9.17) is 0 Å². The number of fused-ring (bicyclic) bond motifs is 2. The van der Waals surface area contributed by atoms with Crippen molar-refractivity contribution in [2.45, 2.75) is 19.5 Å². The number of anilines is 1. The maximum absolute atomic E-state index is 14.1. The van der Waals surface area contributed by atoms with Gasteiger partial charge in [0.15, 0.2) is 5.78 Å². The highest BCUT2D eigenvalue weighted by molar-refractivity contribution is 6.07. The van der Waals surface area contributed by atoms with Crippen molar-refractivity contribution in [3.8, 4) is 0 Å². The van der Waals surface area contributed by atoms with Crippen LogP contribution in [-0.2, 0) is 17.4 Å². The quantitative estimate of drug-likeness (QED) is 0.652. The fourth-order valence-corrected chi connectivity index (χ4v) is 4.50. The molecule has 2 aliphatic rings. The molecule has 0 radical (unpaired) electrons. The number of benzene rings is 2. The van der Waals surface area contributed by atoms with Gasteiger partial charge in [0, 0.05) is 29.3 Å². The number of hydrogen-bond acceptors (Lipinski definition) is 3. The van der Waals surface area contributed by atoms with Gasteiger partial charge < -0.3 is 10.4 Å². The van der Waals surface area contributed by atoms with Gasteiger partial charge in [-0.1, -0.05) is 37.3 Å². The van der Waals surface area contributed by atoms with Crippen LogP contribution in [-0.4, -0.2) is 23.4 Å². The Kier molecular flexibility index (Phi) is 5.67. The lowest BCUT2D eigenvalue weighted by atomic mass is 9.95. The van der Waals surface area contributed by atoms with E-state index in [1.807, 2.05) is 13.0 Å². The van der Waals surface area contributed by atoms with Crippen LogP contribution < -0.4 is 5.32 Å². The average Bonchev–Trinajstić information content (AvgIpc) is 3.47. The number of aliphatic hydroxyl groups excluding tert-OH is 1. The minimum Gasteiger partial charge on any atom is -0.396 e. The van der Waals surface area contributed by atoms with Gasteiger partial charge in [-0.05, 0) is 41.5 Å². The minimum absolute atomic E-state index is 0.00154. The number of ketones is 1. The minimum atomic E-state index is -4.67. The van der Waals surface area contributed by atoms with E-state index in [0.29, 0.717) is 22.9 Å². The van der Waals surface area contributed by atoms with Crippen LogP contribution >= 0.6 is 0 Å². The van der Waals surface area contributed by atoms with Crippen LogP contribution in [0.25, 0.3) is 6.08 Å². The zero-order chi connectivity index (χ0) is 23.2. The summed E-state index contributed by atoms with van der Waals surface area (Å²) in [4.78, 5) is 25.5.